The van der Waals surface area contributed by atoms with E-state index in [-0.39, 0.29) is 17.3 Å². The number of halogens is 3. The largest absolute Gasteiger partial charge is 0.573 e. The summed E-state index contributed by atoms with van der Waals surface area (Å²) in [4.78, 5) is 12.1. The van der Waals surface area contributed by atoms with E-state index in [1.54, 1.807) is 6.92 Å². The second-order valence-electron chi connectivity index (χ2n) is 4.77. The van der Waals surface area contributed by atoms with Crippen LogP contribution in [0.3, 0.4) is 0 Å². The maximum absolute atomic E-state index is 12.1. The lowest BCUT2D eigenvalue weighted by Gasteiger charge is -2.15. The molecule has 2 rings (SSSR count). The lowest BCUT2D eigenvalue weighted by atomic mass is 10.1. The molecule has 0 aliphatic heterocycles. The van der Waals surface area contributed by atoms with E-state index in [1.807, 2.05) is 0 Å². The van der Waals surface area contributed by atoms with E-state index in [4.69, 9.17) is 4.74 Å². The SMILES string of the molecule is COc1ccc(C(=O)N[C@H](C)c2ccc(OC(F)(F)F)cc2)nn1. The van der Waals surface area contributed by atoms with Crippen LogP contribution in [0.25, 0.3) is 0 Å². The van der Waals surface area contributed by atoms with E-state index in [9.17, 15) is 18.0 Å². The van der Waals surface area contributed by atoms with Crippen LogP contribution in [0.5, 0.6) is 11.6 Å². The van der Waals surface area contributed by atoms with Crippen molar-refractivity contribution < 1.29 is 27.4 Å². The molecule has 1 aromatic heterocycles. The molecule has 0 saturated heterocycles. The second-order valence-corrected chi connectivity index (χ2v) is 4.77. The molecule has 0 spiro atoms. The van der Waals surface area contributed by atoms with Crippen LogP contribution in [0.4, 0.5) is 13.2 Å². The van der Waals surface area contributed by atoms with E-state index in [1.165, 1.54) is 43.5 Å². The molecule has 1 N–H and O–H groups in total. The molecule has 1 atom stereocenters. The van der Waals surface area contributed by atoms with E-state index < -0.39 is 18.3 Å². The van der Waals surface area contributed by atoms with Gasteiger partial charge in [-0.2, -0.15) is 0 Å². The van der Waals surface area contributed by atoms with E-state index in [2.05, 4.69) is 20.3 Å². The Morgan fingerprint density at radius 1 is 1.12 bits per heavy atom. The number of aromatic nitrogens is 2. The molecule has 1 heterocycles. The number of ether oxygens (including phenoxy) is 2. The van der Waals surface area contributed by atoms with Crippen LogP contribution in [0.2, 0.25) is 0 Å². The Morgan fingerprint density at radius 3 is 2.29 bits per heavy atom. The van der Waals surface area contributed by atoms with Crippen molar-refractivity contribution in [3.8, 4) is 11.6 Å². The summed E-state index contributed by atoms with van der Waals surface area (Å²) in [5.74, 6) is -0.515. The highest BCUT2D eigenvalue weighted by atomic mass is 19.4. The zero-order valence-electron chi connectivity index (χ0n) is 12.8. The van der Waals surface area contributed by atoms with Crippen LogP contribution in [0, 0.1) is 0 Å². The first-order chi connectivity index (χ1) is 11.3. The summed E-state index contributed by atoms with van der Waals surface area (Å²) in [5, 5.41) is 10.1. The van der Waals surface area contributed by atoms with Crippen LogP contribution in [0.1, 0.15) is 29.0 Å². The van der Waals surface area contributed by atoms with Gasteiger partial charge in [0.1, 0.15) is 5.75 Å². The molecule has 2 aromatic rings. The molecule has 0 aliphatic carbocycles. The standard InChI is InChI=1S/C15H14F3N3O3/c1-9(10-3-5-11(6-4-10)24-15(16,17)18)19-14(22)12-7-8-13(23-2)21-20-12/h3-9H,1-2H3,(H,19,22)/t9-/m1/s1. The predicted molar refractivity (Wildman–Crippen MR) is 77.6 cm³/mol. The fraction of sp³-hybridized carbons (Fsp3) is 0.267. The molecular weight excluding hydrogens is 327 g/mol. The van der Waals surface area contributed by atoms with Crippen molar-refractivity contribution in [2.75, 3.05) is 7.11 Å². The van der Waals surface area contributed by atoms with Crippen LogP contribution >= 0.6 is 0 Å². The molecule has 0 saturated carbocycles. The summed E-state index contributed by atoms with van der Waals surface area (Å²) >= 11 is 0. The lowest BCUT2D eigenvalue weighted by Crippen LogP contribution is -2.27. The highest BCUT2D eigenvalue weighted by Gasteiger charge is 2.31. The van der Waals surface area contributed by atoms with E-state index >= 15 is 0 Å². The molecular formula is C15H14F3N3O3. The Labute approximate surface area is 135 Å². The average Bonchev–Trinajstić information content (AvgIpc) is 2.54. The first-order valence-corrected chi connectivity index (χ1v) is 6.83. The van der Waals surface area contributed by atoms with Gasteiger partial charge in [-0.15, -0.1) is 23.4 Å². The van der Waals surface area contributed by atoms with Crippen molar-refractivity contribution in [1.82, 2.24) is 15.5 Å². The second kappa shape index (κ2) is 7.16. The average molecular weight is 341 g/mol. The van der Waals surface area contributed by atoms with Gasteiger partial charge in [0.15, 0.2) is 5.69 Å². The van der Waals surface area contributed by atoms with Gasteiger partial charge in [-0.05, 0) is 30.7 Å². The lowest BCUT2D eigenvalue weighted by molar-refractivity contribution is -0.274. The van der Waals surface area contributed by atoms with Gasteiger partial charge in [-0.25, -0.2) is 0 Å². The Hall–Kier alpha value is -2.84. The topological polar surface area (TPSA) is 73.3 Å². The fourth-order valence-corrected chi connectivity index (χ4v) is 1.86. The first-order valence-electron chi connectivity index (χ1n) is 6.83. The van der Waals surface area contributed by atoms with Crippen LogP contribution in [0.15, 0.2) is 36.4 Å². The number of amides is 1. The zero-order chi connectivity index (χ0) is 17.7. The minimum atomic E-state index is -4.74. The summed E-state index contributed by atoms with van der Waals surface area (Å²) in [6.07, 6.45) is -4.74. The molecule has 24 heavy (non-hydrogen) atoms. The Kier molecular flexibility index (Phi) is 5.22. The first kappa shape index (κ1) is 17.5. The minimum absolute atomic E-state index is 0.0969. The Balaban J connectivity index is 2.00. The smallest absolute Gasteiger partial charge is 0.480 e. The van der Waals surface area contributed by atoms with Crippen molar-refractivity contribution in [2.45, 2.75) is 19.3 Å². The van der Waals surface area contributed by atoms with Gasteiger partial charge in [0, 0.05) is 6.07 Å². The summed E-state index contributed by atoms with van der Waals surface area (Å²) in [7, 11) is 1.43. The molecule has 0 bridgehead atoms. The molecule has 0 radical (unpaired) electrons. The molecule has 0 unspecified atom stereocenters. The van der Waals surface area contributed by atoms with Crippen LogP contribution in [-0.2, 0) is 0 Å². The van der Waals surface area contributed by atoms with Gasteiger partial charge >= 0.3 is 6.36 Å². The monoisotopic (exact) mass is 341 g/mol. The van der Waals surface area contributed by atoms with Gasteiger partial charge in [0.25, 0.3) is 5.91 Å². The maximum atomic E-state index is 12.1. The van der Waals surface area contributed by atoms with Gasteiger partial charge in [-0.1, -0.05) is 12.1 Å². The summed E-state index contributed by atoms with van der Waals surface area (Å²) < 4.78 is 45.0. The van der Waals surface area contributed by atoms with Gasteiger partial charge < -0.3 is 14.8 Å². The summed E-state index contributed by atoms with van der Waals surface area (Å²) in [6, 6.07) is 7.74. The normalized spacial score (nSPS) is 12.4. The number of hydrogen-bond acceptors (Lipinski definition) is 5. The van der Waals surface area contributed by atoms with Crippen LogP contribution in [-0.4, -0.2) is 29.6 Å². The summed E-state index contributed by atoms with van der Waals surface area (Å²) in [5.41, 5.74) is 0.707. The van der Waals surface area contributed by atoms with Crippen LogP contribution < -0.4 is 14.8 Å². The Bertz CT molecular complexity index is 688. The van der Waals surface area contributed by atoms with E-state index in [0.717, 1.165) is 0 Å². The van der Waals surface area contributed by atoms with Gasteiger partial charge in [0.2, 0.25) is 5.88 Å². The number of benzene rings is 1. The number of rotatable bonds is 5. The maximum Gasteiger partial charge on any atom is 0.573 e. The molecule has 1 amide bonds. The Morgan fingerprint density at radius 2 is 1.79 bits per heavy atom. The predicted octanol–water partition coefficient (Wildman–Crippen LogP) is 2.87. The van der Waals surface area contributed by atoms with Crippen molar-refractivity contribution in [3.63, 3.8) is 0 Å². The highest BCUT2D eigenvalue weighted by Crippen LogP contribution is 2.24. The van der Waals surface area contributed by atoms with E-state index in [0.29, 0.717) is 5.56 Å². The molecule has 1 aromatic carbocycles. The summed E-state index contributed by atoms with van der Waals surface area (Å²) in [6.45, 7) is 1.69. The molecule has 0 aliphatic rings. The highest BCUT2D eigenvalue weighted by molar-refractivity contribution is 5.92. The van der Waals surface area contributed by atoms with Crippen molar-refractivity contribution in [1.29, 1.82) is 0 Å². The quantitative estimate of drug-likeness (QED) is 0.905. The van der Waals surface area contributed by atoms with Crippen molar-refractivity contribution in [3.05, 3.63) is 47.7 Å². The van der Waals surface area contributed by atoms with Gasteiger partial charge in [-0.3, -0.25) is 4.79 Å². The number of carbonyl (C=O) groups excluding carboxylic acids is 1. The third-order valence-electron chi connectivity index (χ3n) is 3.04. The van der Waals surface area contributed by atoms with Gasteiger partial charge in [0.05, 0.1) is 13.2 Å². The molecule has 9 heteroatoms. The number of methoxy groups -OCH3 is 1. The number of alkyl halides is 3. The molecule has 0 fully saturated rings. The molecule has 6 nitrogen and oxygen atoms in total. The third kappa shape index (κ3) is 4.83. The number of nitrogens with zero attached hydrogens (tertiary/aromatic N) is 2. The van der Waals surface area contributed by atoms with Crippen molar-refractivity contribution >= 4 is 5.91 Å². The minimum Gasteiger partial charge on any atom is -0.480 e. The number of carbonyl (C=O) groups is 1. The van der Waals surface area contributed by atoms with Crippen molar-refractivity contribution in [2.24, 2.45) is 0 Å². The number of hydrogen-bond donors (Lipinski definition) is 1. The fourth-order valence-electron chi connectivity index (χ4n) is 1.86. The third-order valence-corrected chi connectivity index (χ3v) is 3.04. The number of nitrogens with one attached hydrogen (secondary N) is 1. The molecule has 128 valence electrons. The zero-order valence-corrected chi connectivity index (χ0v) is 12.8.